The second kappa shape index (κ2) is 6.57. The molecule has 0 saturated carbocycles. The molecule has 20 heavy (non-hydrogen) atoms. The first-order chi connectivity index (χ1) is 9.54. The van der Waals surface area contributed by atoms with Crippen molar-refractivity contribution in [2.24, 2.45) is 0 Å². The second-order valence-corrected chi connectivity index (χ2v) is 5.27. The molecule has 0 aliphatic carbocycles. The van der Waals surface area contributed by atoms with Gasteiger partial charge in [-0.1, -0.05) is 18.2 Å². The van der Waals surface area contributed by atoms with Gasteiger partial charge in [0.25, 0.3) is 5.91 Å². The number of halogens is 1. The Morgan fingerprint density at radius 2 is 1.95 bits per heavy atom. The molecule has 0 radical (unpaired) electrons. The summed E-state index contributed by atoms with van der Waals surface area (Å²) in [6.45, 7) is 1.92. The molecule has 104 valence electrons. The molecule has 0 spiro atoms. The summed E-state index contributed by atoms with van der Waals surface area (Å²) in [5.74, 6) is -0.383. The molecule has 2 nitrogen and oxygen atoms in total. The Morgan fingerprint density at radius 1 is 1.25 bits per heavy atom. The van der Waals surface area contributed by atoms with E-state index < -0.39 is 0 Å². The van der Waals surface area contributed by atoms with E-state index in [1.807, 2.05) is 13.0 Å². The van der Waals surface area contributed by atoms with Gasteiger partial charge in [-0.3, -0.25) is 4.79 Å². The smallest absolute Gasteiger partial charge is 0.251 e. The zero-order chi connectivity index (χ0) is 14.5. The molecule has 0 saturated heterocycles. The largest absolute Gasteiger partial charge is 0.349 e. The van der Waals surface area contributed by atoms with Gasteiger partial charge in [0.05, 0.1) is 0 Å². The lowest BCUT2D eigenvalue weighted by molar-refractivity contribution is 0.0940. The quantitative estimate of drug-likeness (QED) is 0.829. The standard InChI is InChI=1S/C16H16FNOS/c1-11(9-12-5-7-14(17)8-6-12)18-16(19)13-3-2-4-15(20)10-13/h2-8,10-11,20H,9H2,1H3,(H,18,19). The van der Waals surface area contributed by atoms with Gasteiger partial charge in [0.1, 0.15) is 5.82 Å². The summed E-state index contributed by atoms with van der Waals surface area (Å²) in [5.41, 5.74) is 1.57. The average molecular weight is 289 g/mol. The van der Waals surface area contributed by atoms with Crippen LogP contribution in [-0.2, 0) is 6.42 Å². The summed E-state index contributed by atoms with van der Waals surface area (Å²) in [7, 11) is 0. The first-order valence-electron chi connectivity index (χ1n) is 6.39. The molecule has 0 fully saturated rings. The molecule has 1 atom stereocenters. The van der Waals surface area contributed by atoms with Gasteiger partial charge in [-0.15, -0.1) is 12.6 Å². The average Bonchev–Trinajstić information content (AvgIpc) is 2.41. The number of benzene rings is 2. The maximum Gasteiger partial charge on any atom is 0.251 e. The van der Waals surface area contributed by atoms with Crippen molar-refractivity contribution >= 4 is 18.5 Å². The van der Waals surface area contributed by atoms with Crippen LogP contribution in [0.5, 0.6) is 0 Å². The number of hydrogen-bond acceptors (Lipinski definition) is 2. The minimum Gasteiger partial charge on any atom is -0.349 e. The highest BCUT2D eigenvalue weighted by atomic mass is 32.1. The molecular weight excluding hydrogens is 273 g/mol. The predicted molar refractivity (Wildman–Crippen MR) is 80.7 cm³/mol. The van der Waals surface area contributed by atoms with Crippen LogP contribution in [0.3, 0.4) is 0 Å². The maximum atomic E-state index is 12.8. The van der Waals surface area contributed by atoms with E-state index in [1.54, 1.807) is 30.3 Å². The third-order valence-electron chi connectivity index (χ3n) is 2.94. The first kappa shape index (κ1) is 14.6. The van der Waals surface area contributed by atoms with E-state index in [9.17, 15) is 9.18 Å². The van der Waals surface area contributed by atoms with Gasteiger partial charge in [-0.05, 0) is 49.2 Å². The van der Waals surface area contributed by atoms with Crippen molar-refractivity contribution in [1.82, 2.24) is 5.32 Å². The summed E-state index contributed by atoms with van der Waals surface area (Å²) in [5, 5.41) is 2.92. The molecule has 1 amide bonds. The molecule has 1 N–H and O–H groups in total. The zero-order valence-corrected chi connectivity index (χ0v) is 12.0. The van der Waals surface area contributed by atoms with Crippen LogP contribution in [0.15, 0.2) is 53.4 Å². The van der Waals surface area contributed by atoms with Gasteiger partial charge in [0.15, 0.2) is 0 Å². The van der Waals surface area contributed by atoms with Crippen LogP contribution in [-0.4, -0.2) is 11.9 Å². The van der Waals surface area contributed by atoms with Gasteiger partial charge >= 0.3 is 0 Å². The lowest BCUT2D eigenvalue weighted by Crippen LogP contribution is -2.34. The van der Waals surface area contributed by atoms with Crippen molar-refractivity contribution < 1.29 is 9.18 Å². The molecule has 4 heteroatoms. The Balaban J connectivity index is 1.95. The molecule has 0 bridgehead atoms. The van der Waals surface area contributed by atoms with Crippen LogP contribution in [0.4, 0.5) is 4.39 Å². The fourth-order valence-corrected chi connectivity index (χ4v) is 2.20. The van der Waals surface area contributed by atoms with E-state index >= 15 is 0 Å². The topological polar surface area (TPSA) is 29.1 Å². The molecule has 0 aliphatic rings. The number of amides is 1. The van der Waals surface area contributed by atoms with Crippen LogP contribution in [0.2, 0.25) is 0 Å². The number of thiol groups is 1. The number of hydrogen-bond donors (Lipinski definition) is 2. The fraction of sp³-hybridized carbons (Fsp3) is 0.188. The minimum atomic E-state index is -0.254. The van der Waals surface area contributed by atoms with Crippen LogP contribution in [0, 0.1) is 5.82 Å². The van der Waals surface area contributed by atoms with Crippen LogP contribution < -0.4 is 5.32 Å². The Morgan fingerprint density at radius 3 is 2.60 bits per heavy atom. The first-order valence-corrected chi connectivity index (χ1v) is 6.83. The molecule has 0 aromatic heterocycles. The van der Waals surface area contributed by atoms with Crippen LogP contribution >= 0.6 is 12.6 Å². The summed E-state index contributed by atoms with van der Waals surface area (Å²) < 4.78 is 12.8. The van der Waals surface area contributed by atoms with Gasteiger partial charge in [0.2, 0.25) is 0 Å². The Kier molecular flexibility index (Phi) is 4.79. The summed E-state index contributed by atoms with van der Waals surface area (Å²) in [4.78, 5) is 12.8. The van der Waals surface area contributed by atoms with E-state index in [0.717, 1.165) is 10.5 Å². The van der Waals surface area contributed by atoms with E-state index in [4.69, 9.17) is 0 Å². The SMILES string of the molecule is CC(Cc1ccc(F)cc1)NC(=O)c1cccc(S)c1. The fourth-order valence-electron chi connectivity index (χ4n) is 1.98. The highest BCUT2D eigenvalue weighted by Crippen LogP contribution is 2.10. The molecule has 2 aromatic carbocycles. The molecule has 2 rings (SSSR count). The van der Waals surface area contributed by atoms with E-state index in [1.165, 1.54) is 12.1 Å². The van der Waals surface area contributed by atoms with Crippen LogP contribution in [0.1, 0.15) is 22.8 Å². The van der Waals surface area contributed by atoms with E-state index in [0.29, 0.717) is 12.0 Å². The summed E-state index contributed by atoms with van der Waals surface area (Å²) in [6, 6.07) is 13.4. The molecule has 0 heterocycles. The lowest BCUT2D eigenvalue weighted by atomic mass is 10.1. The third-order valence-corrected chi connectivity index (χ3v) is 3.22. The normalized spacial score (nSPS) is 11.9. The van der Waals surface area contributed by atoms with Crippen molar-refractivity contribution in [3.8, 4) is 0 Å². The molecule has 0 aliphatic heterocycles. The summed E-state index contributed by atoms with van der Waals surface area (Å²) >= 11 is 4.21. The number of rotatable bonds is 4. The number of carbonyl (C=O) groups is 1. The van der Waals surface area contributed by atoms with Gasteiger partial charge in [0, 0.05) is 16.5 Å². The third kappa shape index (κ3) is 4.10. The van der Waals surface area contributed by atoms with Gasteiger partial charge in [-0.25, -0.2) is 4.39 Å². The maximum absolute atomic E-state index is 12.8. The Bertz CT molecular complexity index is 598. The van der Waals surface area contributed by atoms with E-state index in [-0.39, 0.29) is 17.8 Å². The Labute approximate surface area is 123 Å². The van der Waals surface area contributed by atoms with Gasteiger partial charge < -0.3 is 5.32 Å². The zero-order valence-electron chi connectivity index (χ0n) is 11.1. The van der Waals surface area contributed by atoms with Crippen molar-refractivity contribution in [2.45, 2.75) is 24.3 Å². The molecule has 2 aromatic rings. The Hall–Kier alpha value is -1.81. The predicted octanol–water partition coefficient (Wildman–Crippen LogP) is 3.48. The van der Waals surface area contributed by atoms with Crippen molar-refractivity contribution in [1.29, 1.82) is 0 Å². The minimum absolute atomic E-state index is 0.0310. The highest BCUT2D eigenvalue weighted by molar-refractivity contribution is 7.80. The second-order valence-electron chi connectivity index (χ2n) is 4.76. The molecular formula is C16H16FNOS. The van der Waals surface area contributed by atoms with Crippen molar-refractivity contribution in [3.63, 3.8) is 0 Å². The van der Waals surface area contributed by atoms with Crippen molar-refractivity contribution in [2.75, 3.05) is 0 Å². The van der Waals surface area contributed by atoms with Gasteiger partial charge in [-0.2, -0.15) is 0 Å². The van der Waals surface area contributed by atoms with Crippen LogP contribution in [0.25, 0.3) is 0 Å². The number of carbonyl (C=O) groups excluding carboxylic acids is 1. The molecule has 1 unspecified atom stereocenters. The van der Waals surface area contributed by atoms with E-state index in [2.05, 4.69) is 17.9 Å². The van der Waals surface area contributed by atoms with Crippen molar-refractivity contribution in [3.05, 3.63) is 65.5 Å². The number of nitrogens with one attached hydrogen (secondary N) is 1. The highest BCUT2D eigenvalue weighted by Gasteiger charge is 2.10. The summed E-state index contributed by atoms with van der Waals surface area (Å²) in [6.07, 6.45) is 0.659. The monoisotopic (exact) mass is 289 g/mol. The lowest BCUT2D eigenvalue weighted by Gasteiger charge is -2.14.